The lowest BCUT2D eigenvalue weighted by Crippen LogP contribution is -2.32. The lowest BCUT2D eigenvalue weighted by Gasteiger charge is -2.32. The molecule has 3 heterocycles. The fourth-order valence-corrected chi connectivity index (χ4v) is 4.19. The molecule has 1 aliphatic heterocycles. The van der Waals surface area contributed by atoms with Gasteiger partial charge in [-0.2, -0.15) is 5.10 Å². The molecular weight excluding hydrogens is 396 g/mol. The van der Waals surface area contributed by atoms with Crippen molar-refractivity contribution < 1.29 is 14.3 Å². The highest BCUT2D eigenvalue weighted by Gasteiger charge is 2.28. The third-order valence-electron chi connectivity index (χ3n) is 5.86. The molecule has 8 nitrogen and oxygen atoms in total. The molecule has 0 radical (unpaired) electrons. The van der Waals surface area contributed by atoms with Gasteiger partial charge in [0.05, 0.1) is 19.7 Å². The van der Waals surface area contributed by atoms with E-state index in [1.807, 2.05) is 18.3 Å². The van der Waals surface area contributed by atoms with Crippen molar-refractivity contribution in [2.75, 3.05) is 7.11 Å². The van der Waals surface area contributed by atoms with Crippen LogP contribution >= 0.6 is 0 Å². The first-order valence-corrected chi connectivity index (χ1v) is 10.4. The van der Waals surface area contributed by atoms with Gasteiger partial charge in [-0.1, -0.05) is 12.1 Å². The molecule has 0 spiro atoms. The summed E-state index contributed by atoms with van der Waals surface area (Å²) in [5.41, 5.74) is 3.93. The molecule has 1 aromatic carbocycles. The van der Waals surface area contributed by atoms with E-state index in [2.05, 4.69) is 35.2 Å². The Bertz CT molecular complexity index is 1150. The van der Waals surface area contributed by atoms with Crippen LogP contribution < -0.4 is 10.3 Å². The van der Waals surface area contributed by atoms with E-state index in [4.69, 9.17) is 9.47 Å². The van der Waals surface area contributed by atoms with Crippen LogP contribution in [0.25, 0.3) is 0 Å². The van der Waals surface area contributed by atoms with E-state index in [0.717, 1.165) is 35.4 Å². The zero-order chi connectivity index (χ0) is 22.2. The zero-order valence-corrected chi connectivity index (χ0v) is 18.3. The number of ether oxygens (including phenoxy) is 2. The van der Waals surface area contributed by atoms with Gasteiger partial charge in [-0.25, -0.2) is 0 Å². The number of methoxy groups -OCH3 is 1. The number of fused-ring (bicyclic) bond motifs is 1. The van der Waals surface area contributed by atoms with Crippen LogP contribution in [0.15, 0.2) is 35.4 Å². The van der Waals surface area contributed by atoms with Gasteiger partial charge in [-0.15, -0.1) is 0 Å². The molecule has 0 saturated carbocycles. The average Bonchev–Trinajstić information content (AvgIpc) is 3.31. The van der Waals surface area contributed by atoms with Gasteiger partial charge in [0.1, 0.15) is 11.4 Å². The lowest BCUT2D eigenvalue weighted by molar-refractivity contribution is -0.140. The average molecular weight is 425 g/mol. The maximum atomic E-state index is 12.7. The highest BCUT2D eigenvalue weighted by molar-refractivity contribution is 5.71. The number of aromatic nitrogens is 4. The van der Waals surface area contributed by atoms with Crippen LogP contribution in [-0.2, 0) is 29.4 Å². The number of nitrogens with one attached hydrogen (secondary N) is 2. The molecule has 0 fully saturated rings. The molecule has 2 N–H and O–H groups in total. The van der Waals surface area contributed by atoms with Crippen LogP contribution in [0.1, 0.15) is 60.6 Å². The molecule has 31 heavy (non-hydrogen) atoms. The largest absolute Gasteiger partial charge is 0.488 e. The van der Waals surface area contributed by atoms with Crippen molar-refractivity contribution in [2.45, 2.75) is 51.0 Å². The fraction of sp³-hybridized carbons (Fsp3) is 0.435. The van der Waals surface area contributed by atoms with Crippen LogP contribution in [0.2, 0.25) is 0 Å². The second kappa shape index (κ2) is 8.09. The summed E-state index contributed by atoms with van der Waals surface area (Å²) < 4.78 is 12.6. The molecular formula is C23H28N4O4. The Labute approximate surface area is 180 Å². The predicted octanol–water partition coefficient (Wildman–Crippen LogP) is 2.83. The molecule has 0 bridgehead atoms. The van der Waals surface area contributed by atoms with Gasteiger partial charge in [-0.3, -0.25) is 19.4 Å². The highest BCUT2D eigenvalue weighted by atomic mass is 16.5. The standard InChI is InChI=1S/C23H28N4O4/c1-23(2)8-7-15-9-14(5-6-19(15)31-23)10-18-21(22(29)26-25-18)17(11-20(28)30-4)16-12-24-27(3)13-16/h5-6,9,12-13,17H,7-8,10-11H2,1-4H3,(H2,25,26,29). The molecule has 1 aliphatic rings. The van der Waals surface area contributed by atoms with E-state index in [1.54, 1.807) is 17.9 Å². The Morgan fingerprint density at radius 2 is 2.16 bits per heavy atom. The third kappa shape index (κ3) is 4.42. The van der Waals surface area contributed by atoms with E-state index in [-0.39, 0.29) is 23.6 Å². The summed E-state index contributed by atoms with van der Waals surface area (Å²) in [5, 5.41) is 9.92. The summed E-state index contributed by atoms with van der Waals surface area (Å²) in [4.78, 5) is 24.8. The molecule has 8 heteroatoms. The number of carbonyl (C=O) groups is 1. The normalized spacial score (nSPS) is 15.7. The lowest BCUT2D eigenvalue weighted by atomic mass is 9.88. The number of nitrogens with zero attached hydrogens (tertiary/aromatic N) is 2. The summed E-state index contributed by atoms with van der Waals surface area (Å²) in [6.07, 6.45) is 6.00. The Balaban J connectivity index is 1.67. The van der Waals surface area contributed by atoms with Gasteiger partial charge < -0.3 is 14.6 Å². The Kier molecular flexibility index (Phi) is 5.47. The molecule has 0 amide bonds. The van der Waals surface area contributed by atoms with Crippen molar-refractivity contribution in [3.63, 3.8) is 0 Å². The smallest absolute Gasteiger partial charge is 0.306 e. The van der Waals surface area contributed by atoms with Crippen LogP contribution in [0, 0.1) is 0 Å². The van der Waals surface area contributed by atoms with E-state index in [0.29, 0.717) is 12.0 Å². The number of rotatable bonds is 6. The Morgan fingerprint density at radius 3 is 2.87 bits per heavy atom. The first-order valence-electron chi connectivity index (χ1n) is 10.4. The minimum atomic E-state index is -0.451. The van der Waals surface area contributed by atoms with Gasteiger partial charge >= 0.3 is 5.97 Å². The van der Waals surface area contributed by atoms with Gasteiger partial charge in [0.25, 0.3) is 5.56 Å². The van der Waals surface area contributed by atoms with Crippen molar-refractivity contribution in [3.05, 3.63) is 68.9 Å². The maximum absolute atomic E-state index is 12.7. The van der Waals surface area contributed by atoms with E-state index >= 15 is 0 Å². The van der Waals surface area contributed by atoms with Gasteiger partial charge in [-0.05, 0) is 49.4 Å². The molecule has 164 valence electrons. The summed E-state index contributed by atoms with van der Waals surface area (Å²) >= 11 is 0. The first-order chi connectivity index (χ1) is 14.8. The zero-order valence-electron chi connectivity index (χ0n) is 18.3. The number of H-pyrrole nitrogens is 2. The monoisotopic (exact) mass is 424 g/mol. The van der Waals surface area contributed by atoms with E-state index in [1.165, 1.54) is 12.7 Å². The van der Waals surface area contributed by atoms with Crippen molar-refractivity contribution in [2.24, 2.45) is 7.05 Å². The molecule has 2 aromatic heterocycles. The summed E-state index contributed by atoms with van der Waals surface area (Å²) in [7, 11) is 3.15. The van der Waals surface area contributed by atoms with Crippen LogP contribution in [0.5, 0.6) is 5.75 Å². The maximum Gasteiger partial charge on any atom is 0.306 e. The number of hydrogen-bond donors (Lipinski definition) is 2. The minimum absolute atomic E-state index is 0.0588. The van der Waals surface area contributed by atoms with E-state index in [9.17, 15) is 9.59 Å². The number of carbonyl (C=O) groups excluding carboxylic acids is 1. The molecule has 0 aliphatic carbocycles. The summed E-state index contributed by atoms with van der Waals surface area (Å²) in [6, 6.07) is 6.16. The van der Waals surface area contributed by atoms with Crippen LogP contribution in [-0.4, -0.2) is 38.7 Å². The minimum Gasteiger partial charge on any atom is -0.488 e. The quantitative estimate of drug-likeness (QED) is 0.593. The van der Waals surface area contributed by atoms with Crippen molar-refractivity contribution in [3.8, 4) is 5.75 Å². The van der Waals surface area contributed by atoms with Gasteiger partial charge in [0, 0.05) is 36.8 Å². The topological polar surface area (TPSA) is 102 Å². The number of aromatic amines is 2. The number of hydrogen-bond acceptors (Lipinski definition) is 5. The Hall–Kier alpha value is -3.29. The van der Waals surface area contributed by atoms with E-state index < -0.39 is 5.92 Å². The van der Waals surface area contributed by atoms with Gasteiger partial charge in [0.2, 0.25) is 0 Å². The van der Waals surface area contributed by atoms with Crippen LogP contribution in [0.3, 0.4) is 0 Å². The molecule has 1 atom stereocenters. The first kappa shape index (κ1) is 21.0. The van der Waals surface area contributed by atoms with Crippen LogP contribution in [0.4, 0.5) is 0 Å². The second-order valence-corrected chi connectivity index (χ2v) is 8.73. The fourth-order valence-electron chi connectivity index (χ4n) is 4.19. The Morgan fingerprint density at radius 1 is 1.35 bits per heavy atom. The predicted molar refractivity (Wildman–Crippen MR) is 115 cm³/mol. The molecule has 0 saturated heterocycles. The molecule has 1 unspecified atom stereocenters. The SMILES string of the molecule is COC(=O)CC(c1cnn(C)c1)c1c(Cc2ccc3c(c2)CCC(C)(C)O3)[nH][nH]c1=O. The summed E-state index contributed by atoms with van der Waals surface area (Å²) in [5.74, 6) is 0.0866. The number of benzene rings is 1. The van der Waals surface area contributed by atoms with Crippen molar-refractivity contribution in [1.82, 2.24) is 20.0 Å². The second-order valence-electron chi connectivity index (χ2n) is 8.73. The van der Waals surface area contributed by atoms with Crippen molar-refractivity contribution >= 4 is 5.97 Å². The molecule has 3 aromatic rings. The van der Waals surface area contributed by atoms with Gasteiger partial charge in [0.15, 0.2) is 0 Å². The van der Waals surface area contributed by atoms with Crippen molar-refractivity contribution in [1.29, 1.82) is 0 Å². The highest BCUT2D eigenvalue weighted by Crippen LogP contribution is 2.34. The number of esters is 1. The number of aryl methyl sites for hydroxylation is 2. The molecule has 4 rings (SSSR count). The summed E-state index contributed by atoms with van der Waals surface area (Å²) in [6.45, 7) is 4.20. The third-order valence-corrected chi connectivity index (χ3v) is 5.86.